The van der Waals surface area contributed by atoms with Gasteiger partial charge < -0.3 is 15.0 Å². The molecule has 0 aromatic heterocycles. The van der Waals surface area contributed by atoms with Crippen molar-refractivity contribution in [3.05, 3.63) is 0 Å². The Morgan fingerprint density at radius 1 is 1.56 bits per heavy atom. The second-order valence-electron chi connectivity index (χ2n) is 3.59. The number of ether oxygens (including phenoxy) is 1. The molecular formula is C9H18N4O3. The quantitative estimate of drug-likeness (QED) is 0.351. The minimum atomic E-state index is -0.298. The molecule has 7 nitrogen and oxygen atoms in total. The molecule has 0 radical (unpaired) electrons. The molecule has 1 heterocycles. The molecule has 1 fully saturated rings. The van der Waals surface area contributed by atoms with Crippen LogP contribution in [-0.2, 0) is 9.53 Å². The number of rotatable bonds is 5. The third-order valence-electron chi connectivity index (χ3n) is 2.31. The van der Waals surface area contributed by atoms with Gasteiger partial charge in [-0.25, -0.2) is 10.6 Å². The van der Waals surface area contributed by atoms with E-state index in [0.717, 1.165) is 11.4 Å². The first-order valence-corrected chi connectivity index (χ1v) is 5.22. The average Bonchev–Trinajstić information content (AvgIpc) is 2.25. The van der Waals surface area contributed by atoms with Crippen LogP contribution in [0.25, 0.3) is 0 Å². The molecule has 1 aliphatic heterocycles. The van der Waals surface area contributed by atoms with Gasteiger partial charge in [0, 0.05) is 26.7 Å². The van der Waals surface area contributed by atoms with E-state index in [1.165, 1.54) is 4.90 Å². The highest BCUT2D eigenvalue weighted by Gasteiger charge is 2.24. The van der Waals surface area contributed by atoms with Crippen LogP contribution in [0.3, 0.4) is 0 Å². The SMILES string of the molecule is COCCNC(=O)CN1CCCN(N)C1=O. The molecule has 3 amide bonds. The lowest BCUT2D eigenvalue weighted by Crippen LogP contribution is -2.54. The zero-order valence-electron chi connectivity index (χ0n) is 9.44. The lowest BCUT2D eigenvalue weighted by Gasteiger charge is -2.32. The molecule has 92 valence electrons. The number of carbonyl (C=O) groups excluding carboxylic acids is 2. The lowest BCUT2D eigenvalue weighted by molar-refractivity contribution is -0.122. The van der Waals surface area contributed by atoms with Crippen LogP contribution in [0.15, 0.2) is 0 Å². The summed E-state index contributed by atoms with van der Waals surface area (Å²) < 4.78 is 4.80. The molecule has 3 N–H and O–H groups in total. The third-order valence-corrected chi connectivity index (χ3v) is 2.31. The average molecular weight is 230 g/mol. The number of nitrogens with zero attached hydrogens (tertiary/aromatic N) is 2. The molecule has 7 heteroatoms. The zero-order valence-corrected chi connectivity index (χ0v) is 9.44. The van der Waals surface area contributed by atoms with Crippen LogP contribution in [-0.4, -0.2) is 61.7 Å². The summed E-state index contributed by atoms with van der Waals surface area (Å²) in [6, 6.07) is -0.298. The number of amides is 3. The van der Waals surface area contributed by atoms with Gasteiger partial charge in [-0.05, 0) is 6.42 Å². The molecule has 0 aromatic carbocycles. The highest BCUT2D eigenvalue weighted by molar-refractivity contribution is 5.84. The molecule has 1 aliphatic rings. The van der Waals surface area contributed by atoms with Crippen molar-refractivity contribution in [3.63, 3.8) is 0 Å². The van der Waals surface area contributed by atoms with E-state index >= 15 is 0 Å². The summed E-state index contributed by atoms with van der Waals surface area (Å²) in [5.74, 6) is 5.26. The second-order valence-corrected chi connectivity index (χ2v) is 3.59. The topological polar surface area (TPSA) is 87.9 Å². The number of urea groups is 1. The standard InChI is InChI=1S/C9H18N4O3/c1-16-6-3-11-8(14)7-12-4-2-5-13(10)9(12)15/h2-7,10H2,1H3,(H,11,14). The summed E-state index contributed by atoms with van der Waals surface area (Å²) in [6.07, 6.45) is 0.785. The number of hydrogen-bond acceptors (Lipinski definition) is 4. The highest BCUT2D eigenvalue weighted by Crippen LogP contribution is 2.04. The Bertz CT molecular complexity index is 259. The molecule has 0 bridgehead atoms. The van der Waals surface area contributed by atoms with Gasteiger partial charge in [0.15, 0.2) is 0 Å². The monoisotopic (exact) mass is 230 g/mol. The van der Waals surface area contributed by atoms with Crippen molar-refractivity contribution in [2.45, 2.75) is 6.42 Å². The summed E-state index contributed by atoms with van der Waals surface area (Å²) in [5.41, 5.74) is 0. The van der Waals surface area contributed by atoms with E-state index in [9.17, 15) is 9.59 Å². The summed E-state index contributed by atoms with van der Waals surface area (Å²) in [7, 11) is 1.56. The van der Waals surface area contributed by atoms with Gasteiger partial charge in [-0.3, -0.25) is 9.80 Å². The number of hydrogen-bond donors (Lipinski definition) is 2. The maximum atomic E-state index is 11.5. The normalized spacial score (nSPS) is 16.5. The van der Waals surface area contributed by atoms with E-state index in [4.69, 9.17) is 10.6 Å². The highest BCUT2D eigenvalue weighted by atomic mass is 16.5. The second kappa shape index (κ2) is 6.29. The molecule has 0 atom stereocenters. The Labute approximate surface area is 94.5 Å². The van der Waals surface area contributed by atoms with E-state index in [-0.39, 0.29) is 18.5 Å². The van der Waals surface area contributed by atoms with Crippen LogP contribution >= 0.6 is 0 Å². The van der Waals surface area contributed by atoms with Gasteiger partial charge in [-0.1, -0.05) is 0 Å². The Hall–Kier alpha value is -1.34. The van der Waals surface area contributed by atoms with Gasteiger partial charge in [0.05, 0.1) is 6.61 Å². The number of nitrogens with two attached hydrogens (primary N) is 1. The first kappa shape index (κ1) is 12.7. The number of nitrogens with one attached hydrogen (secondary N) is 1. The zero-order chi connectivity index (χ0) is 12.0. The molecular weight excluding hydrogens is 212 g/mol. The van der Waals surface area contributed by atoms with Crippen molar-refractivity contribution in [2.24, 2.45) is 5.84 Å². The van der Waals surface area contributed by atoms with Crippen LogP contribution in [0.4, 0.5) is 4.79 Å². The first-order valence-electron chi connectivity index (χ1n) is 5.22. The van der Waals surface area contributed by atoms with Crippen LogP contribution in [0.1, 0.15) is 6.42 Å². The lowest BCUT2D eigenvalue weighted by atomic mass is 10.3. The minimum absolute atomic E-state index is 0.0518. The fourth-order valence-corrected chi connectivity index (χ4v) is 1.47. The van der Waals surface area contributed by atoms with Crippen LogP contribution < -0.4 is 11.2 Å². The predicted molar refractivity (Wildman–Crippen MR) is 57.4 cm³/mol. The summed E-state index contributed by atoms with van der Waals surface area (Å²) in [4.78, 5) is 24.4. The number of methoxy groups -OCH3 is 1. The van der Waals surface area contributed by atoms with Crippen molar-refractivity contribution in [1.82, 2.24) is 15.2 Å². The predicted octanol–water partition coefficient (Wildman–Crippen LogP) is -1.25. The summed E-state index contributed by atoms with van der Waals surface area (Å²) >= 11 is 0. The molecule has 0 aliphatic carbocycles. The van der Waals surface area contributed by atoms with Crippen LogP contribution in [0, 0.1) is 0 Å². The Balaban J connectivity index is 2.29. The number of hydrazine groups is 1. The summed E-state index contributed by atoms with van der Waals surface area (Å²) in [6.45, 7) is 2.08. The smallest absolute Gasteiger partial charge is 0.334 e. The Kier molecular flexibility index (Phi) is 5.00. The van der Waals surface area contributed by atoms with Crippen molar-refractivity contribution >= 4 is 11.9 Å². The third kappa shape index (κ3) is 3.67. The molecule has 0 unspecified atom stereocenters. The van der Waals surface area contributed by atoms with Gasteiger partial charge in [-0.15, -0.1) is 0 Å². The summed E-state index contributed by atoms with van der Waals surface area (Å²) in [5, 5.41) is 3.78. The molecule has 0 spiro atoms. The number of carbonyl (C=O) groups is 2. The van der Waals surface area contributed by atoms with Gasteiger partial charge in [-0.2, -0.15) is 0 Å². The van der Waals surface area contributed by atoms with Crippen molar-refractivity contribution < 1.29 is 14.3 Å². The largest absolute Gasteiger partial charge is 0.383 e. The van der Waals surface area contributed by atoms with E-state index in [2.05, 4.69) is 5.32 Å². The molecule has 1 rings (SSSR count). The molecule has 1 saturated heterocycles. The van der Waals surface area contributed by atoms with Gasteiger partial charge >= 0.3 is 6.03 Å². The van der Waals surface area contributed by atoms with Crippen molar-refractivity contribution in [1.29, 1.82) is 0 Å². The Morgan fingerprint density at radius 2 is 2.31 bits per heavy atom. The van der Waals surface area contributed by atoms with Gasteiger partial charge in [0.25, 0.3) is 0 Å². The maximum Gasteiger partial charge on any atom is 0.334 e. The first-order chi connectivity index (χ1) is 7.65. The minimum Gasteiger partial charge on any atom is -0.383 e. The fraction of sp³-hybridized carbons (Fsp3) is 0.778. The van der Waals surface area contributed by atoms with Gasteiger partial charge in [0.2, 0.25) is 5.91 Å². The maximum absolute atomic E-state index is 11.5. The van der Waals surface area contributed by atoms with Crippen LogP contribution in [0.5, 0.6) is 0 Å². The van der Waals surface area contributed by atoms with E-state index < -0.39 is 0 Å². The fourth-order valence-electron chi connectivity index (χ4n) is 1.47. The van der Waals surface area contributed by atoms with E-state index in [1.807, 2.05) is 0 Å². The van der Waals surface area contributed by atoms with Gasteiger partial charge in [0.1, 0.15) is 6.54 Å². The van der Waals surface area contributed by atoms with E-state index in [1.54, 1.807) is 7.11 Å². The van der Waals surface area contributed by atoms with Crippen molar-refractivity contribution in [2.75, 3.05) is 39.9 Å². The van der Waals surface area contributed by atoms with Crippen LogP contribution in [0.2, 0.25) is 0 Å². The van der Waals surface area contributed by atoms with Crippen molar-refractivity contribution in [3.8, 4) is 0 Å². The Morgan fingerprint density at radius 3 is 3.00 bits per heavy atom. The van der Waals surface area contributed by atoms with E-state index in [0.29, 0.717) is 26.2 Å². The molecule has 0 aromatic rings. The molecule has 0 saturated carbocycles. The molecule has 16 heavy (non-hydrogen) atoms.